The van der Waals surface area contributed by atoms with E-state index in [1.54, 1.807) is 24.3 Å². The molecule has 1 N–H and O–H groups in total. The highest BCUT2D eigenvalue weighted by Gasteiger charge is 2.29. The van der Waals surface area contributed by atoms with Crippen molar-refractivity contribution in [3.05, 3.63) is 35.4 Å². The van der Waals surface area contributed by atoms with Gasteiger partial charge in [-0.05, 0) is 49.1 Å². The minimum Gasteiger partial charge on any atom is -0.478 e. The maximum atomic E-state index is 12.4. The Kier molecular flexibility index (Phi) is 6.51. The highest BCUT2D eigenvalue weighted by Crippen LogP contribution is 2.32. The molecule has 1 saturated carbocycles. The molecule has 1 amide bonds. The number of carboxylic acids is 1. The summed E-state index contributed by atoms with van der Waals surface area (Å²) >= 11 is 2.00. The van der Waals surface area contributed by atoms with Crippen molar-refractivity contribution < 1.29 is 14.7 Å². The molecule has 0 saturated heterocycles. The monoisotopic (exact) mass is 335 g/mol. The van der Waals surface area contributed by atoms with Crippen LogP contribution in [0.2, 0.25) is 0 Å². The summed E-state index contributed by atoms with van der Waals surface area (Å²) in [7, 11) is 1.92. The number of benzene rings is 1. The second kappa shape index (κ2) is 8.39. The standard InChI is InChI=1S/C18H25NO3S/c1-3-23-16-10-9-15(12-16)19(2)17(20)11-6-13-4-7-14(8-5-13)18(21)22/h4-5,7-8,15-16H,3,6,9-12H2,1-2H3,(H,21,22). The molecule has 1 aromatic carbocycles. The van der Waals surface area contributed by atoms with Crippen LogP contribution in [0.15, 0.2) is 24.3 Å². The van der Waals surface area contributed by atoms with E-state index in [0.717, 1.165) is 24.2 Å². The van der Waals surface area contributed by atoms with Crippen LogP contribution in [0.5, 0.6) is 0 Å². The van der Waals surface area contributed by atoms with E-state index in [0.29, 0.717) is 24.1 Å². The molecular weight excluding hydrogens is 310 g/mol. The van der Waals surface area contributed by atoms with Crippen LogP contribution in [0.25, 0.3) is 0 Å². The Labute approximate surface area is 142 Å². The lowest BCUT2D eigenvalue weighted by Crippen LogP contribution is -2.35. The summed E-state index contributed by atoms with van der Waals surface area (Å²) in [6.07, 6.45) is 4.55. The predicted octanol–water partition coefficient (Wildman–Crippen LogP) is 3.45. The van der Waals surface area contributed by atoms with Gasteiger partial charge in [-0.2, -0.15) is 11.8 Å². The van der Waals surface area contributed by atoms with Gasteiger partial charge in [0.25, 0.3) is 0 Å². The molecule has 0 radical (unpaired) electrons. The Bertz CT molecular complexity index is 544. The number of carboxylic acid groups (broad SMARTS) is 1. The number of rotatable bonds is 7. The molecule has 0 aromatic heterocycles. The van der Waals surface area contributed by atoms with Gasteiger partial charge >= 0.3 is 5.97 Å². The average Bonchev–Trinajstić information content (AvgIpc) is 3.01. The molecule has 0 heterocycles. The van der Waals surface area contributed by atoms with Crippen molar-refractivity contribution in [2.75, 3.05) is 12.8 Å². The molecule has 5 heteroatoms. The number of aromatic carboxylic acids is 1. The van der Waals surface area contributed by atoms with Crippen molar-refractivity contribution in [2.24, 2.45) is 0 Å². The van der Waals surface area contributed by atoms with Crippen molar-refractivity contribution in [1.82, 2.24) is 4.90 Å². The molecule has 0 bridgehead atoms. The van der Waals surface area contributed by atoms with Gasteiger partial charge in [-0.3, -0.25) is 4.79 Å². The minimum atomic E-state index is -0.923. The predicted molar refractivity (Wildman–Crippen MR) is 94.1 cm³/mol. The molecule has 23 heavy (non-hydrogen) atoms. The van der Waals surface area contributed by atoms with E-state index < -0.39 is 5.97 Å². The summed E-state index contributed by atoms with van der Waals surface area (Å²) in [5, 5.41) is 9.58. The van der Waals surface area contributed by atoms with Crippen molar-refractivity contribution in [2.45, 2.75) is 50.3 Å². The van der Waals surface area contributed by atoms with Gasteiger partial charge in [-0.1, -0.05) is 19.1 Å². The third kappa shape index (κ3) is 4.99. The fraction of sp³-hybridized carbons (Fsp3) is 0.556. The van der Waals surface area contributed by atoms with Crippen LogP contribution < -0.4 is 0 Å². The van der Waals surface area contributed by atoms with E-state index in [2.05, 4.69) is 6.92 Å². The first-order valence-electron chi connectivity index (χ1n) is 8.20. The van der Waals surface area contributed by atoms with Crippen molar-refractivity contribution in [3.63, 3.8) is 0 Å². The molecule has 2 atom stereocenters. The second-order valence-corrected chi connectivity index (χ2v) is 7.63. The van der Waals surface area contributed by atoms with Crippen LogP contribution in [-0.2, 0) is 11.2 Å². The summed E-state index contributed by atoms with van der Waals surface area (Å²) < 4.78 is 0. The topological polar surface area (TPSA) is 57.6 Å². The molecule has 1 aromatic rings. The first-order valence-corrected chi connectivity index (χ1v) is 9.25. The fourth-order valence-electron chi connectivity index (χ4n) is 3.10. The maximum absolute atomic E-state index is 12.4. The fourth-order valence-corrected chi connectivity index (χ4v) is 4.23. The molecule has 1 aliphatic carbocycles. The van der Waals surface area contributed by atoms with Crippen molar-refractivity contribution >= 4 is 23.6 Å². The Balaban J connectivity index is 1.81. The van der Waals surface area contributed by atoms with Crippen LogP contribution in [0.1, 0.15) is 48.5 Å². The first kappa shape index (κ1) is 17.9. The third-order valence-corrected chi connectivity index (χ3v) is 5.76. The number of thioether (sulfide) groups is 1. The van der Waals surface area contributed by atoms with Gasteiger partial charge in [-0.15, -0.1) is 0 Å². The van der Waals surface area contributed by atoms with Gasteiger partial charge in [0.15, 0.2) is 0 Å². The average molecular weight is 335 g/mol. The lowest BCUT2D eigenvalue weighted by Gasteiger charge is -2.25. The highest BCUT2D eigenvalue weighted by atomic mass is 32.2. The number of carbonyl (C=O) groups excluding carboxylic acids is 1. The number of carbonyl (C=O) groups is 2. The molecule has 1 aliphatic rings. The molecule has 2 rings (SSSR count). The molecule has 126 valence electrons. The van der Waals surface area contributed by atoms with Crippen molar-refractivity contribution in [3.8, 4) is 0 Å². The Hall–Kier alpha value is -1.49. The van der Waals surface area contributed by atoms with Crippen molar-refractivity contribution in [1.29, 1.82) is 0 Å². The molecule has 4 nitrogen and oxygen atoms in total. The number of aryl methyl sites for hydroxylation is 1. The maximum Gasteiger partial charge on any atom is 0.335 e. The summed E-state index contributed by atoms with van der Waals surface area (Å²) in [6, 6.07) is 7.14. The van der Waals surface area contributed by atoms with Crippen LogP contribution >= 0.6 is 11.8 Å². The molecule has 0 spiro atoms. The van der Waals surface area contributed by atoms with E-state index in [1.165, 1.54) is 6.42 Å². The lowest BCUT2D eigenvalue weighted by atomic mass is 10.1. The summed E-state index contributed by atoms with van der Waals surface area (Å²) in [6.45, 7) is 2.18. The Morgan fingerprint density at radius 1 is 1.26 bits per heavy atom. The molecule has 2 unspecified atom stereocenters. The third-order valence-electron chi connectivity index (χ3n) is 4.53. The SMILES string of the molecule is CCSC1CCC(N(C)C(=O)CCc2ccc(C(=O)O)cc2)C1. The van der Waals surface area contributed by atoms with E-state index in [9.17, 15) is 9.59 Å². The van der Waals surface area contributed by atoms with E-state index in [4.69, 9.17) is 5.11 Å². The first-order chi connectivity index (χ1) is 11.0. The van der Waals surface area contributed by atoms with Crippen LogP contribution in [-0.4, -0.2) is 46.0 Å². The zero-order valence-electron chi connectivity index (χ0n) is 13.8. The Morgan fingerprint density at radius 3 is 2.57 bits per heavy atom. The number of hydrogen-bond acceptors (Lipinski definition) is 3. The molecule has 1 fully saturated rings. The second-order valence-electron chi connectivity index (χ2n) is 6.05. The van der Waals surface area contributed by atoms with Gasteiger partial charge in [-0.25, -0.2) is 4.79 Å². The Morgan fingerprint density at radius 2 is 1.96 bits per heavy atom. The van der Waals surface area contributed by atoms with Crippen LogP contribution in [0.4, 0.5) is 0 Å². The van der Waals surface area contributed by atoms with E-state index in [-0.39, 0.29) is 11.5 Å². The van der Waals surface area contributed by atoms with E-state index in [1.807, 2.05) is 23.7 Å². The largest absolute Gasteiger partial charge is 0.478 e. The quantitative estimate of drug-likeness (QED) is 0.829. The van der Waals surface area contributed by atoms with Crippen LogP contribution in [0.3, 0.4) is 0 Å². The molecular formula is C18H25NO3S. The lowest BCUT2D eigenvalue weighted by molar-refractivity contribution is -0.131. The summed E-state index contributed by atoms with van der Waals surface area (Å²) in [4.78, 5) is 25.1. The summed E-state index contributed by atoms with van der Waals surface area (Å²) in [5.74, 6) is 0.397. The van der Waals surface area contributed by atoms with E-state index >= 15 is 0 Å². The minimum absolute atomic E-state index is 0.180. The zero-order chi connectivity index (χ0) is 16.8. The van der Waals surface area contributed by atoms with Gasteiger partial charge in [0.05, 0.1) is 5.56 Å². The van der Waals surface area contributed by atoms with Crippen LogP contribution in [0, 0.1) is 0 Å². The normalized spacial score (nSPS) is 20.4. The summed E-state index contributed by atoms with van der Waals surface area (Å²) in [5.41, 5.74) is 1.28. The highest BCUT2D eigenvalue weighted by molar-refractivity contribution is 7.99. The zero-order valence-corrected chi connectivity index (χ0v) is 14.6. The molecule has 0 aliphatic heterocycles. The van der Waals surface area contributed by atoms with Gasteiger partial charge < -0.3 is 10.0 Å². The number of nitrogens with zero attached hydrogens (tertiary/aromatic N) is 1. The number of hydrogen-bond donors (Lipinski definition) is 1. The van der Waals surface area contributed by atoms with Gasteiger partial charge in [0, 0.05) is 24.8 Å². The van der Waals surface area contributed by atoms with Gasteiger partial charge in [0.2, 0.25) is 5.91 Å². The smallest absolute Gasteiger partial charge is 0.335 e. The van der Waals surface area contributed by atoms with Gasteiger partial charge in [0.1, 0.15) is 0 Å². The number of amides is 1.